The summed E-state index contributed by atoms with van der Waals surface area (Å²) in [6, 6.07) is -0.414. The molecule has 1 aliphatic carbocycles. The fraction of sp³-hybridized carbons (Fsp3) is 0.875. The molecule has 2 heterocycles. The van der Waals surface area contributed by atoms with Crippen molar-refractivity contribution in [3.63, 3.8) is 0 Å². The van der Waals surface area contributed by atoms with Crippen LogP contribution in [0.4, 0.5) is 4.79 Å². The molecule has 6 heteroatoms. The van der Waals surface area contributed by atoms with Crippen molar-refractivity contribution in [1.29, 1.82) is 0 Å². The first-order valence-corrected chi connectivity index (χ1v) is 7.99. The molecule has 1 atom stereocenters. The number of aldehydes is 1. The highest BCUT2D eigenvalue weighted by Gasteiger charge is 2.60. The molecular weight excluding hydrogens is 286 g/mol. The highest BCUT2D eigenvalue weighted by atomic mass is 16.7. The molecule has 0 bridgehead atoms. The van der Waals surface area contributed by atoms with Gasteiger partial charge in [-0.3, -0.25) is 4.90 Å². The second-order valence-corrected chi connectivity index (χ2v) is 7.79. The van der Waals surface area contributed by atoms with Crippen molar-refractivity contribution in [2.75, 3.05) is 19.8 Å². The number of rotatable bonds is 1. The van der Waals surface area contributed by atoms with E-state index >= 15 is 0 Å². The van der Waals surface area contributed by atoms with E-state index in [1.54, 1.807) is 4.90 Å². The molecule has 1 amide bonds. The molecule has 0 aromatic heterocycles. The fourth-order valence-electron chi connectivity index (χ4n) is 3.96. The Morgan fingerprint density at radius 2 is 1.91 bits per heavy atom. The van der Waals surface area contributed by atoms with Gasteiger partial charge in [-0.2, -0.15) is 0 Å². The van der Waals surface area contributed by atoms with Crippen LogP contribution in [0.5, 0.6) is 0 Å². The molecule has 124 valence electrons. The Bertz CT molecular complexity index is 456. The summed E-state index contributed by atoms with van der Waals surface area (Å²) in [5, 5.41) is 0. The van der Waals surface area contributed by atoms with Gasteiger partial charge in [0.2, 0.25) is 0 Å². The first kappa shape index (κ1) is 15.7. The smallest absolute Gasteiger partial charge is 0.410 e. The number of piperidine rings is 1. The van der Waals surface area contributed by atoms with E-state index in [1.807, 2.05) is 20.8 Å². The van der Waals surface area contributed by atoms with Crippen molar-refractivity contribution >= 4 is 12.4 Å². The second-order valence-electron chi connectivity index (χ2n) is 7.79. The van der Waals surface area contributed by atoms with E-state index in [0.717, 1.165) is 25.5 Å². The van der Waals surface area contributed by atoms with Crippen molar-refractivity contribution in [1.82, 2.24) is 4.90 Å². The molecule has 0 radical (unpaired) electrons. The average Bonchev–Trinajstić information content (AvgIpc) is 2.85. The number of carbonyl (C=O) groups is 2. The molecule has 2 saturated heterocycles. The summed E-state index contributed by atoms with van der Waals surface area (Å²) in [6.07, 6.45) is 3.65. The SMILES string of the molecule is CC(C)(C)OC(=O)N1CCC2(CC1C=O)CC1(C2)OCCO1. The van der Waals surface area contributed by atoms with Crippen molar-refractivity contribution < 1.29 is 23.8 Å². The second kappa shape index (κ2) is 5.20. The summed E-state index contributed by atoms with van der Waals surface area (Å²) in [7, 11) is 0. The standard InChI is InChI=1S/C16H25NO5/c1-14(2,3)22-13(19)17-5-4-15(8-12(17)9-18)10-16(11-15)20-6-7-21-16/h9,12H,4-8,10-11H2,1-3H3. The predicted octanol–water partition coefficient (Wildman–Crippen LogP) is 2.11. The van der Waals surface area contributed by atoms with E-state index in [-0.39, 0.29) is 5.41 Å². The third-order valence-corrected chi connectivity index (χ3v) is 4.81. The molecule has 22 heavy (non-hydrogen) atoms. The lowest BCUT2D eigenvalue weighted by Crippen LogP contribution is -2.60. The Kier molecular flexibility index (Phi) is 3.72. The van der Waals surface area contributed by atoms with Gasteiger partial charge in [0.15, 0.2) is 5.79 Å². The lowest BCUT2D eigenvalue weighted by atomic mass is 9.58. The lowest BCUT2D eigenvalue weighted by Gasteiger charge is -2.57. The molecule has 2 aliphatic heterocycles. The molecule has 0 N–H and O–H groups in total. The zero-order valence-corrected chi connectivity index (χ0v) is 13.6. The number of hydrogen-bond donors (Lipinski definition) is 0. The van der Waals surface area contributed by atoms with Crippen LogP contribution in [0.25, 0.3) is 0 Å². The summed E-state index contributed by atoms with van der Waals surface area (Å²) in [5.74, 6) is -0.415. The number of hydrogen-bond acceptors (Lipinski definition) is 5. The minimum Gasteiger partial charge on any atom is -0.444 e. The number of nitrogens with zero attached hydrogens (tertiary/aromatic N) is 1. The third kappa shape index (κ3) is 2.86. The number of likely N-dealkylation sites (tertiary alicyclic amines) is 1. The van der Waals surface area contributed by atoms with Gasteiger partial charge in [0.1, 0.15) is 11.9 Å². The van der Waals surface area contributed by atoms with Crippen molar-refractivity contribution in [3.05, 3.63) is 0 Å². The number of carbonyl (C=O) groups excluding carboxylic acids is 2. The Balaban J connectivity index is 1.62. The van der Waals surface area contributed by atoms with E-state index in [9.17, 15) is 9.59 Å². The van der Waals surface area contributed by atoms with Gasteiger partial charge >= 0.3 is 6.09 Å². The summed E-state index contributed by atoms with van der Waals surface area (Å²) < 4.78 is 16.8. The number of amides is 1. The fourth-order valence-corrected chi connectivity index (χ4v) is 3.96. The maximum atomic E-state index is 12.2. The molecule has 0 aromatic carbocycles. The van der Waals surface area contributed by atoms with Gasteiger partial charge < -0.3 is 19.0 Å². The molecule has 1 saturated carbocycles. The van der Waals surface area contributed by atoms with Crippen LogP contribution in [0.15, 0.2) is 0 Å². The molecule has 3 fully saturated rings. The summed E-state index contributed by atoms with van der Waals surface area (Å²) in [4.78, 5) is 25.3. The molecule has 3 rings (SSSR count). The largest absolute Gasteiger partial charge is 0.444 e. The van der Waals surface area contributed by atoms with Crippen LogP contribution in [0, 0.1) is 5.41 Å². The molecule has 3 aliphatic rings. The van der Waals surface area contributed by atoms with Gasteiger partial charge in [-0.25, -0.2) is 4.79 Å². The van der Waals surface area contributed by atoms with Crippen LogP contribution in [-0.2, 0) is 19.0 Å². The Labute approximate surface area is 131 Å². The summed E-state index contributed by atoms with van der Waals surface area (Å²) in [6.45, 7) is 7.34. The van der Waals surface area contributed by atoms with E-state index in [1.165, 1.54) is 0 Å². The van der Waals surface area contributed by atoms with Crippen molar-refractivity contribution in [2.45, 2.75) is 63.9 Å². The van der Waals surface area contributed by atoms with Crippen molar-refractivity contribution in [2.24, 2.45) is 5.41 Å². The van der Waals surface area contributed by atoms with Gasteiger partial charge in [0, 0.05) is 19.4 Å². The van der Waals surface area contributed by atoms with E-state index < -0.39 is 23.5 Å². The van der Waals surface area contributed by atoms with Gasteiger partial charge in [0.25, 0.3) is 0 Å². The predicted molar refractivity (Wildman–Crippen MR) is 78.3 cm³/mol. The van der Waals surface area contributed by atoms with Crippen LogP contribution in [0.1, 0.15) is 46.5 Å². The summed E-state index contributed by atoms with van der Waals surface area (Å²) in [5.41, 5.74) is -0.486. The van der Waals surface area contributed by atoms with Gasteiger partial charge in [-0.05, 0) is 39.0 Å². The van der Waals surface area contributed by atoms with Crippen LogP contribution >= 0.6 is 0 Å². The highest BCUT2D eigenvalue weighted by molar-refractivity contribution is 5.74. The minimum atomic E-state index is -0.550. The van der Waals surface area contributed by atoms with E-state index in [0.29, 0.717) is 26.2 Å². The molecular formula is C16H25NO5. The van der Waals surface area contributed by atoms with Crippen LogP contribution < -0.4 is 0 Å². The Morgan fingerprint density at radius 3 is 2.45 bits per heavy atom. The molecule has 6 nitrogen and oxygen atoms in total. The third-order valence-electron chi connectivity index (χ3n) is 4.81. The molecule has 1 unspecified atom stereocenters. The monoisotopic (exact) mass is 311 g/mol. The zero-order chi connectivity index (χ0) is 16.0. The zero-order valence-electron chi connectivity index (χ0n) is 13.6. The topological polar surface area (TPSA) is 65.1 Å². The molecule has 0 aromatic rings. The van der Waals surface area contributed by atoms with E-state index in [2.05, 4.69) is 0 Å². The average molecular weight is 311 g/mol. The van der Waals surface area contributed by atoms with Crippen LogP contribution in [-0.4, -0.2) is 54.5 Å². The normalized spacial score (nSPS) is 29.4. The van der Waals surface area contributed by atoms with Crippen molar-refractivity contribution in [3.8, 4) is 0 Å². The number of ether oxygens (including phenoxy) is 3. The highest BCUT2D eigenvalue weighted by Crippen LogP contribution is 2.58. The van der Waals surface area contributed by atoms with Gasteiger partial charge in [-0.15, -0.1) is 0 Å². The maximum absolute atomic E-state index is 12.2. The van der Waals surface area contributed by atoms with Crippen LogP contribution in [0.2, 0.25) is 0 Å². The van der Waals surface area contributed by atoms with Gasteiger partial charge in [-0.1, -0.05) is 0 Å². The Morgan fingerprint density at radius 1 is 1.27 bits per heavy atom. The Hall–Kier alpha value is -1.14. The first-order valence-electron chi connectivity index (χ1n) is 7.99. The first-order chi connectivity index (χ1) is 10.3. The summed E-state index contributed by atoms with van der Waals surface area (Å²) >= 11 is 0. The van der Waals surface area contributed by atoms with Crippen LogP contribution in [0.3, 0.4) is 0 Å². The molecule has 2 spiro atoms. The maximum Gasteiger partial charge on any atom is 0.410 e. The lowest BCUT2D eigenvalue weighted by molar-refractivity contribution is -0.271. The van der Waals surface area contributed by atoms with Gasteiger partial charge in [0.05, 0.1) is 19.3 Å². The quantitative estimate of drug-likeness (QED) is 0.694. The minimum absolute atomic E-state index is 0.0639. The van der Waals surface area contributed by atoms with E-state index in [4.69, 9.17) is 14.2 Å².